The summed E-state index contributed by atoms with van der Waals surface area (Å²) in [6.45, 7) is 4.23. The first kappa shape index (κ1) is 17.5. The van der Waals surface area contributed by atoms with Gasteiger partial charge in [-0.1, -0.05) is 19.1 Å². The molecule has 1 rings (SSSR count). The Morgan fingerprint density at radius 2 is 1.90 bits per heavy atom. The Labute approximate surface area is 122 Å². The number of hydrogen-bond donors (Lipinski definition) is 1. The number of methoxy groups -OCH3 is 1. The van der Waals surface area contributed by atoms with Gasteiger partial charge in [-0.05, 0) is 37.6 Å². The minimum Gasteiger partial charge on any atom is -0.469 e. The molecule has 3 nitrogen and oxygen atoms in total. The first-order valence-electron chi connectivity index (χ1n) is 6.72. The van der Waals surface area contributed by atoms with E-state index in [1.807, 2.05) is 6.92 Å². The molecule has 1 unspecified atom stereocenters. The van der Waals surface area contributed by atoms with Crippen molar-refractivity contribution in [2.45, 2.75) is 38.4 Å². The smallest absolute Gasteiger partial charge is 0.416 e. The molecule has 0 amide bonds. The number of carbonyl (C=O) groups is 1. The summed E-state index contributed by atoms with van der Waals surface area (Å²) in [5, 5.41) is 3.14. The summed E-state index contributed by atoms with van der Waals surface area (Å²) in [6, 6.07) is 5.02. The number of ether oxygens (including phenoxy) is 1. The van der Waals surface area contributed by atoms with Crippen molar-refractivity contribution in [1.29, 1.82) is 0 Å². The zero-order valence-electron chi connectivity index (χ0n) is 12.4. The molecule has 1 aromatic rings. The molecule has 0 spiro atoms. The van der Waals surface area contributed by atoms with Crippen LogP contribution in [0.5, 0.6) is 0 Å². The summed E-state index contributed by atoms with van der Waals surface area (Å²) in [5.74, 6) is -0.474. The van der Waals surface area contributed by atoms with E-state index in [1.165, 1.54) is 13.2 Å². The van der Waals surface area contributed by atoms with Gasteiger partial charge in [0.05, 0.1) is 24.6 Å². The highest BCUT2D eigenvalue weighted by molar-refractivity contribution is 5.71. The van der Waals surface area contributed by atoms with Gasteiger partial charge >= 0.3 is 12.1 Å². The lowest BCUT2D eigenvalue weighted by Crippen LogP contribution is -2.42. The van der Waals surface area contributed by atoms with Crippen LogP contribution in [0.2, 0.25) is 0 Å². The Morgan fingerprint density at radius 1 is 1.29 bits per heavy atom. The largest absolute Gasteiger partial charge is 0.469 e. The second-order valence-electron chi connectivity index (χ2n) is 5.09. The van der Waals surface area contributed by atoms with Crippen molar-refractivity contribution in [3.05, 3.63) is 35.4 Å². The molecule has 0 saturated heterocycles. The molecule has 0 bridgehead atoms. The highest BCUT2D eigenvalue weighted by atomic mass is 19.4. The third kappa shape index (κ3) is 4.74. The second kappa shape index (κ2) is 6.93. The van der Waals surface area contributed by atoms with E-state index in [1.54, 1.807) is 13.0 Å². The molecule has 1 aromatic carbocycles. The van der Waals surface area contributed by atoms with E-state index in [2.05, 4.69) is 10.1 Å². The number of rotatable bonds is 6. The molecular formula is C15H20F3NO2. The van der Waals surface area contributed by atoms with Crippen LogP contribution in [-0.2, 0) is 21.2 Å². The fraction of sp³-hybridized carbons (Fsp3) is 0.533. The lowest BCUT2D eigenvalue weighted by atomic mass is 9.87. The van der Waals surface area contributed by atoms with E-state index in [0.717, 1.165) is 18.6 Å². The molecule has 0 saturated carbocycles. The topological polar surface area (TPSA) is 38.3 Å². The fourth-order valence-corrected chi connectivity index (χ4v) is 2.07. The van der Waals surface area contributed by atoms with Gasteiger partial charge in [0.15, 0.2) is 0 Å². The minimum absolute atomic E-state index is 0.0369. The number of hydrogen-bond acceptors (Lipinski definition) is 3. The zero-order chi connectivity index (χ0) is 16.1. The van der Waals surface area contributed by atoms with Crippen LogP contribution in [0, 0.1) is 0 Å². The Morgan fingerprint density at radius 3 is 2.43 bits per heavy atom. The van der Waals surface area contributed by atoms with Crippen LogP contribution < -0.4 is 5.32 Å². The molecule has 0 aliphatic rings. The average Bonchev–Trinajstić information content (AvgIpc) is 2.44. The Balaban J connectivity index is 3.16. The number of halogens is 3. The number of carbonyl (C=O) groups excluding carboxylic acids is 1. The van der Waals surface area contributed by atoms with Crippen LogP contribution >= 0.6 is 0 Å². The number of benzene rings is 1. The van der Waals surface area contributed by atoms with Crippen LogP contribution in [0.15, 0.2) is 24.3 Å². The fourth-order valence-electron chi connectivity index (χ4n) is 2.07. The molecular weight excluding hydrogens is 283 g/mol. The first-order chi connectivity index (χ1) is 9.73. The summed E-state index contributed by atoms with van der Waals surface area (Å²) in [7, 11) is 1.26. The quantitative estimate of drug-likeness (QED) is 0.818. The Hall–Kier alpha value is -1.56. The molecule has 0 aliphatic carbocycles. The third-order valence-corrected chi connectivity index (χ3v) is 3.32. The van der Waals surface area contributed by atoms with Crippen LogP contribution in [0.25, 0.3) is 0 Å². The molecule has 0 aromatic heterocycles. The standard InChI is InChI=1S/C15H20F3NO2/c1-4-8-19-14(2,10-13(20)21-3)11-6-5-7-12(9-11)15(16,17)18/h5-7,9,19H,4,8,10H2,1-3H3. The third-order valence-electron chi connectivity index (χ3n) is 3.32. The lowest BCUT2D eigenvalue weighted by molar-refractivity contribution is -0.142. The van der Waals surface area contributed by atoms with Crippen LogP contribution in [0.3, 0.4) is 0 Å². The van der Waals surface area contributed by atoms with Crippen molar-refractivity contribution in [1.82, 2.24) is 5.32 Å². The summed E-state index contributed by atoms with van der Waals surface area (Å²) >= 11 is 0. The molecule has 118 valence electrons. The van der Waals surface area contributed by atoms with Gasteiger partial charge < -0.3 is 10.1 Å². The van der Waals surface area contributed by atoms with E-state index in [4.69, 9.17) is 0 Å². The van der Waals surface area contributed by atoms with Crippen molar-refractivity contribution in [3.63, 3.8) is 0 Å². The van der Waals surface area contributed by atoms with E-state index in [0.29, 0.717) is 12.1 Å². The second-order valence-corrected chi connectivity index (χ2v) is 5.09. The van der Waals surface area contributed by atoms with Gasteiger partial charge in [0, 0.05) is 0 Å². The predicted molar refractivity (Wildman–Crippen MR) is 73.7 cm³/mol. The van der Waals surface area contributed by atoms with Crippen molar-refractivity contribution >= 4 is 5.97 Å². The highest BCUT2D eigenvalue weighted by Crippen LogP contribution is 2.33. The molecule has 0 heterocycles. The normalized spacial score (nSPS) is 14.6. The van der Waals surface area contributed by atoms with Crippen LogP contribution in [-0.4, -0.2) is 19.6 Å². The number of nitrogens with one attached hydrogen (secondary N) is 1. The van der Waals surface area contributed by atoms with Gasteiger partial charge in [-0.2, -0.15) is 13.2 Å². The van der Waals surface area contributed by atoms with Gasteiger partial charge in [0.25, 0.3) is 0 Å². The van der Waals surface area contributed by atoms with Gasteiger partial charge in [0.2, 0.25) is 0 Å². The summed E-state index contributed by atoms with van der Waals surface area (Å²) in [5.41, 5.74) is -1.21. The summed E-state index contributed by atoms with van der Waals surface area (Å²) in [6.07, 6.45) is -3.65. The molecule has 6 heteroatoms. The van der Waals surface area contributed by atoms with Crippen molar-refractivity contribution < 1.29 is 22.7 Å². The SMILES string of the molecule is CCCNC(C)(CC(=O)OC)c1cccc(C(F)(F)F)c1. The molecule has 0 fully saturated rings. The van der Waals surface area contributed by atoms with E-state index < -0.39 is 23.2 Å². The summed E-state index contributed by atoms with van der Waals surface area (Å²) in [4.78, 5) is 11.6. The lowest BCUT2D eigenvalue weighted by Gasteiger charge is -2.31. The minimum atomic E-state index is -4.41. The monoisotopic (exact) mass is 303 g/mol. The average molecular weight is 303 g/mol. The molecule has 0 aliphatic heterocycles. The van der Waals surface area contributed by atoms with Crippen molar-refractivity contribution in [2.75, 3.05) is 13.7 Å². The van der Waals surface area contributed by atoms with Crippen LogP contribution in [0.4, 0.5) is 13.2 Å². The molecule has 21 heavy (non-hydrogen) atoms. The Bertz CT molecular complexity index is 488. The molecule has 0 radical (unpaired) electrons. The van der Waals surface area contributed by atoms with E-state index in [-0.39, 0.29) is 6.42 Å². The first-order valence-corrected chi connectivity index (χ1v) is 6.72. The van der Waals surface area contributed by atoms with Gasteiger partial charge in [0.1, 0.15) is 0 Å². The maximum Gasteiger partial charge on any atom is 0.416 e. The predicted octanol–water partition coefficient (Wildman–Crippen LogP) is 3.48. The van der Waals surface area contributed by atoms with E-state index >= 15 is 0 Å². The molecule has 1 N–H and O–H groups in total. The van der Waals surface area contributed by atoms with Crippen molar-refractivity contribution in [3.8, 4) is 0 Å². The van der Waals surface area contributed by atoms with Crippen molar-refractivity contribution in [2.24, 2.45) is 0 Å². The molecule has 1 atom stereocenters. The Kier molecular flexibility index (Phi) is 5.78. The van der Waals surface area contributed by atoms with Gasteiger partial charge in [-0.25, -0.2) is 0 Å². The number of esters is 1. The van der Waals surface area contributed by atoms with Gasteiger partial charge in [-0.15, -0.1) is 0 Å². The maximum absolute atomic E-state index is 12.8. The number of alkyl halides is 3. The van der Waals surface area contributed by atoms with Gasteiger partial charge in [-0.3, -0.25) is 4.79 Å². The highest BCUT2D eigenvalue weighted by Gasteiger charge is 2.34. The van der Waals surface area contributed by atoms with E-state index in [9.17, 15) is 18.0 Å². The zero-order valence-corrected chi connectivity index (χ0v) is 12.4. The maximum atomic E-state index is 12.8. The summed E-state index contributed by atoms with van der Waals surface area (Å²) < 4.78 is 43.1. The van der Waals surface area contributed by atoms with Crippen LogP contribution in [0.1, 0.15) is 37.8 Å².